The van der Waals surface area contributed by atoms with Crippen LogP contribution in [0.3, 0.4) is 0 Å². The average Bonchev–Trinajstić information content (AvgIpc) is 3.21. The molecule has 2 aromatic rings. The van der Waals surface area contributed by atoms with E-state index < -0.39 is 0 Å². The molecule has 30 heavy (non-hydrogen) atoms. The van der Waals surface area contributed by atoms with Gasteiger partial charge in [0, 0.05) is 47.3 Å². The molecule has 1 aromatic heterocycles. The summed E-state index contributed by atoms with van der Waals surface area (Å²) >= 11 is 3.43. The molecule has 1 aliphatic heterocycles. The number of morpholine rings is 1. The Balaban J connectivity index is 1.54. The van der Waals surface area contributed by atoms with Crippen LogP contribution in [-0.4, -0.2) is 54.7 Å². The maximum absolute atomic E-state index is 12.8. The second-order valence-electron chi connectivity index (χ2n) is 7.67. The molecule has 2 heterocycles. The molecule has 1 unspecified atom stereocenters. The monoisotopic (exact) mass is 447 g/mol. The van der Waals surface area contributed by atoms with Crippen LogP contribution >= 0.6 is 23.1 Å². The van der Waals surface area contributed by atoms with Gasteiger partial charge in [0.1, 0.15) is 0 Å². The Morgan fingerprint density at radius 1 is 1.23 bits per heavy atom. The smallest absolute Gasteiger partial charge is 0.251 e. The Bertz CT molecular complexity index is 784. The summed E-state index contributed by atoms with van der Waals surface area (Å²) in [6, 6.07) is 8.26. The normalized spacial score (nSPS) is 16.0. The van der Waals surface area contributed by atoms with Crippen LogP contribution < -0.4 is 5.32 Å². The van der Waals surface area contributed by atoms with Gasteiger partial charge in [0.15, 0.2) is 0 Å². The topological polar surface area (TPSA) is 54.5 Å². The van der Waals surface area contributed by atoms with Crippen molar-refractivity contribution in [3.05, 3.63) is 45.9 Å². The zero-order valence-corrected chi connectivity index (χ0v) is 19.9. The molecule has 1 amide bonds. The van der Waals surface area contributed by atoms with E-state index in [9.17, 15) is 4.79 Å². The van der Waals surface area contributed by atoms with Crippen LogP contribution in [0.4, 0.5) is 0 Å². The van der Waals surface area contributed by atoms with Gasteiger partial charge in [-0.05, 0) is 37.1 Å². The quantitative estimate of drug-likeness (QED) is 0.539. The molecular formula is C23H33N3O2S2. The van der Waals surface area contributed by atoms with Crippen molar-refractivity contribution < 1.29 is 9.53 Å². The van der Waals surface area contributed by atoms with E-state index in [1.165, 1.54) is 0 Å². The van der Waals surface area contributed by atoms with Gasteiger partial charge in [0.05, 0.1) is 23.9 Å². The maximum atomic E-state index is 12.8. The molecule has 0 saturated carbocycles. The summed E-state index contributed by atoms with van der Waals surface area (Å²) in [6.07, 6.45) is 2.25. The molecule has 7 heteroatoms. The predicted molar refractivity (Wildman–Crippen MR) is 125 cm³/mol. The fraction of sp³-hybridized carbons (Fsp3) is 0.565. The summed E-state index contributed by atoms with van der Waals surface area (Å²) in [4.78, 5) is 20.9. The minimum atomic E-state index is 0.00546. The van der Waals surface area contributed by atoms with E-state index in [4.69, 9.17) is 4.74 Å². The van der Waals surface area contributed by atoms with E-state index in [1.54, 1.807) is 23.1 Å². The van der Waals surface area contributed by atoms with Gasteiger partial charge in [-0.3, -0.25) is 9.69 Å². The van der Waals surface area contributed by atoms with E-state index in [0.717, 1.165) is 60.5 Å². The maximum Gasteiger partial charge on any atom is 0.251 e. The first-order valence-corrected chi connectivity index (χ1v) is 12.7. The Labute approximate surface area is 188 Å². The molecule has 1 atom stereocenters. The van der Waals surface area contributed by atoms with Gasteiger partial charge in [0.2, 0.25) is 0 Å². The molecule has 0 bridgehead atoms. The Morgan fingerprint density at radius 2 is 1.93 bits per heavy atom. The molecule has 5 nitrogen and oxygen atoms in total. The zero-order valence-electron chi connectivity index (χ0n) is 18.2. The number of carbonyl (C=O) groups is 1. The van der Waals surface area contributed by atoms with Crippen molar-refractivity contribution in [3.8, 4) is 0 Å². The lowest BCUT2D eigenvalue weighted by Gasteiger charge is -2.38. The van der Waals surface area contributed by atoms with Gasteiger partial charge < -0.3 is 10.1 Å². The number of thioether (sulfide) groups is 1. The highest BCUT2D eigenvalue weighted by atomic mass is 32.2. The van der Waals surface area contributed by atoms with Gasteiger partial charge in [-0.15, -0.1) is 23.1 Å². The molecule has 1 N–H and O–H groups in total. The second kappa shape index (κ2) is 11.8. The summed E-state index contributed by atoms with van der Waals surface area (Å²) in [6.45, 7) is 10.7. The van der Waals surface area contributed by atoms with Gasteiger partial charge in [-0.1, -0.05) is 26.7 Å². The minimum absolute atomic E-state index is 0.00546. The Hall–Kier alpha value is -1.41. The van der Waals surface area contributed by atoms with Crippen molar-refractivity contribution in [1.82, 2.24) is 15.2 Å². The molecule has 3 rings (SSSR count). The van der Waals surface area contributed by atoms with Crippen molar-refractivity contribution >= 4 is 29.0 Å². The number of aryl methyl sites for hydroxylation is 1. The van der Waals surface area contributed by atoms with E-state index in [1.807, 2.05) is 31.2 Å². The lowest BCUT2D eigenvalue weighted by molar-refractivity contribution is 0.00191. The third kappa shape index (κ3) is 6.54. The number of thiazole rings is 1. The van der Waals surface area contributed by atoms with Crippen molar-refractivity contribution in [1.29, 1.82) is 0 Å². The van der Waals surface area contributed by atoms with E-state index in [2.05, 4.69) is 34.4 Å². The molecule has 1 aromatic carbocycles. The molecule has 0 spiro atoms. The molecule has 0 aliphatic carbocycles. The van der Waals surface area contributed by atoms with Crippen molar-refractivity contribution in [3.63, 3.8) is 0 Å². The number of amides is 1. The average molecular weight is 448 g/mol. The van der Waals surface area contributed by atoms with Gasteiger partial charge >= 0.3 is 0 Å². The van der Waals surface area contributed by atoms with Crippen LogP contribution in [-0.2, 0) is 10.5 Å². The molecule has 1 fully saturated rings. The summed E-state index contributed by atoms with van der Waals surface area (Å²) in [5, 5.41) is 6.39. The van der Waals surface area contributed by atoms with Crippen LogP contribution in [0.5, 0.6) is 0 Å². The van der Waals surface area contributed by atoms with Crippen molar-refractivity contribution in [2.24, 2.45) is 5.92 Å². The first-order valence-electron chi connectivity index (χ1n) is 10.8. The Kier molecular flexibility index (Phi) is 9.18. The Morgan fingerprint density at radius 3 is 2.53 bits per heavy atom. The van der Waals surface area contributed by atoms with Crippen LogP contribution in [0.25, 0.3) is 0 Å². The van der Waals surface area contributed by atoms with E-state index in [0.29, 0.717) is 24.1 Å². The third-order valence-electron chi connectivity index (χ3n) is 5.75. The summed E-state index contributed by atoms with van der Waals surface area (Å²) in [7, 11) is 0. The number of aromatic nitrogens is 1. The van der Waals surface area contributed by atoms with Crippen LogP contribution in [0.1, 0.15) is 47.7 Å². The number of hydrogen-bond acceptors (Lipinski definition) is 6. The third-order valence-corrected chi connectivity index (χ3v) is 7.62. The fourth-order valence-corrected chi connectivity index (χ4v) is 5.48. The fourth-order valence-electron chi connectivity index (χ4n) is 3.97. The minimum Gasteiger partial charge on any atom is -0.379 e. The number of nitrogens with zero attached hydrogens (tertiary/aromatic N) is 2. The van der Waals surface area contributed by atoms with Crippen LogP contribution in [0.2, 0.25) is 0 Å². The highest BCUT2D eigenvalue weighted by molar-refractivity contribution is 7.98. The largest absolute Gasteiger partial charge is 0.379 e. The van der Waals surface area contributed by atoms with Crippen LogP contribution in [0, 0.1) is 12.8 Å². The second-order valence-corrected chi connectivity index (χ2v) is 9.78. The number of rotatable bonds is 10. The lowest BCUT2D eigenvalue weighted by Crippen LogP contribution is -2.52. The zero-order chi connectivity index (χ0) is 21.3. The van der Waals surface area contributed by atoms with Crippen molar-refractivity contribution in [2.75, 3.05) is 32.8 Å². The van der Waals surface area contributed by atoms with E-state index in [-0.39, 0.29) is 5.91 Å². The standard InChI is InChI=1S/C23H33N3O2S2/c1-4-18(5-2)22(26-10-12-28-13-11-26)14-24-23(27)19-6-8-21(9-7-19)30-16-20-15-29-17(3)25-20/h6-9,15,18,22H,4-5,10-14,16H2,1-3H3,(H,24,27). The van der Waals surface area contributed by atoms with Crippen molar-refractivity contribution in [2.45, 2.75) is 50.3 Å². The number of hydrogen-bond donors (Lipinski definition) is 1. The summed E-state index contributed by atoms with van der Waals surface area (Å²) in [5.74, 6) is 1.44. The number of benzene rings is 1. The van der Waals surface area contributed by atoms with Crippen LogP contribution in [0.15, 0.2) is 34.5 Å². The lowest BCUT2D eigenvalue weighted by atomic mass is 9.92. The predicted octanol–water partition coefficient (Wildman–Crippen LogP) is 4.61. The first-order chi connectivity index (χ1) is 14.6. The highest BCUT2D eigenvalue weighted by Crippen LogP contribution is 2.24. The molecule has 0 radical (unpaired) electrons. The molecular weight excluding hydrogens is 414 g/mol. The number of ether oxygens (including phenoxy) is 1. The number of nitrogens with one attached hydrogen (secondary N) is 1. The number of carbonyl (C=O) groups excluding carboxylic acids is 1. The van der Waals surface area contributed by atoms with E-state index >= 15 is 0 Å². The van der Waals surface area contributed by atoms with Gasteiger partial charge in [-0.25, -0.2) is 4.98 Å². The van der Waals surface area contributed by atoms with Gasteiger partial charge in [-0.2, -0.15) is 0 Å². The molecule has 164 valence electrons. The summed E-state index contributed by atoms with van der Waals surface area (Å²) in [5.41, 5.74) is 1.83. The summed E-state index contributed by atoms with van der Waals surface area (Å²) < 4.78 is 5.52. The molecule has 1 saturated heterocycles. The molecule has 1 aliphatic rings. The first kappa shape index (κ1) is 23.3. The van der Waals surface area contributed by atoms with Gasteiger partial charge in [0.25, 0.3) is 5.91 Å². The highest BCUT2D eigenvalue weighted by Gasteiger charge is 2.27. The SMILES string of the molecule is CCC(CC)C(CNC(=O)c1ccc(SCc2csc(C)n2)cc1)N1CCOCC1.